The minimum atomic E-state index is 0. The normalized spacial score (nSPS) is 0. The van der Waals surface area contributed by atoms with Crippen LogP contribution >= 0.6 is 0 Å². The third-order valence-corrected chi connectivity index (χ3v) is 0. The average molecular weight is 350 g/mol. The molecule has 4 heteroatoms. The Morgan fingerprint density at radius 3 is 1.00 bits per heavy atom. The van der Waals surface area contributed by atoms with Crippen molar-refractivity contribution in [1.29, 1.82) is 0 Å². The molecule has 19 valence electrons. The van der Waals surface area contributed by atoms with Crippen LogP contribution in [0.5, 0.6) is 0 Å². The number of hydrogen-bond donors (Lipinski definition) is 0. The van der Waals surface area contributed by atoms with Gasteiger partial charge in [-0.15, -0.1) is 0 Å². The summed E-state index contributed by atoms with van der Waals surface area (Å²) in [5, 5.41) is 0. The first-order valence-corrected chi connectivity index (χ1v) is 0. The summed E-state index contributed by atoms with van der Waals surface area (Å²) in [4.78, 5) is 0. The molecule has 0 heterocycles. The Morgan fingerprint density at radius 1 is 1.00 bits per heavy atom. The van der Waals surface area contributed by atoms with Crippen molar-refractivity contribution < 1.29 is 0 Å². The maximum atomic E-state index is 0. The molecule has 0 fully saturated rings. The summed E-state index contributed by atoms with van der Waals surface area (Å²) in [6.45, 7) is 0. The van der Waals surface area contributed by atoms with Crippen molar-refractivity contribution in [2.24, 2.45) is 0 Å². The summed E-state index contributed by atoms with van der Waals surface area (Å²) in [5.74, 6) is 0. The Kier molecular flexibility index (Phi) is 149. The molecule has 4 heavy (non-hydrogen) atoms. The van der Waals surface area contributed by atoms with Crippen LogP contribution in [0.1, 0.15) is 0 Å². The molecular formula is GeSbSiTe. The second kappa shape index (κ2) is 18.3. The van der Waals surface area contributed by atoms with Gasteiger partial charge in [0.2, 0.25) is 0 Å². The molecule has 0 atom stereocenters. The zero-order chi connectivity index (χ0) is 0. The predicted octanol–water partition coefficient (Wildman–Crippen LogP) is -1.52. The topological polar surface area (TPSA) is 0 Å². The first-order chi connectivity index (χ1) is 0. The van der Waals surface area contributed by atoms with E-state index >= 15 is 0 Å². The minimum Gasteiger partial charge on any atom is 0 e. The van der Waals surface area contributed by atoms with E-state index in [0.29, 0.717) is 0 Å². The fourth-order valence-electron chi connectivity index (χ4n) is 0. The third-order valence-electron chi connectivity index (χ3n) is 0. The molecule has 0 aromatic heterocycles. The van der Waals surface area contributed by atoms with Gasteiger partial charge in [-0.1, -0.05) is 0 Å². The van der Waals surface area contributed by atoms with Gasteiger partial charge in [-0.25, -0.2) is 0 Å². The monoisotopic (exact) mass is 353 g/mol. The molecule has 0 nitrogen and oxygen atoms in total. The van der Waals surface area contributed by atoms with Gasteiger partial charge in [0.25, 0.3) is 0 Å². The first kappa shape index (κ1) is 32.7. The molecule has 0 N–H and O–H groups in total. The molecule has 0 saturated carbocycles. The molecule has 0 spiro atoms. The molecule has 0 aliphatic rings. The standard InChI is InChI=1S/Ge.Sb.Si.Te. The van der Waals surface area contributed by atoms with Gasteiger partial charge in [0, 0.05) is 76.7 Å². The van der Waals surface area contributed by atoms with Crippen LogP contribution in [0.2, 0.25) is 0 Å². The molecule has 0 saturated heterocycles. The van der Waals surface area contributed by atoms with E-state index in [1.165, 1.54) is 0 Å². The van der Waals surface area contributed by atoms with Gasteiger partial charge >= 0.3 is 0 Å². The molecule has 0 aliphatic carbocycles. The Bertz CT molecular complexity index is 8.00. The third kappa shape index (κ3) is 8.84. The number of hydrogen-bond acceptors (Lipinski definition) is 0. The molecule has 0 aromatic rings. The molecule has 0 aromatic carbocycles. The summed E-state index contributed by atoms with van der Waals surface area (Å²) in [6.07, 6.45) is 0. The Hall–Kier alpha value is 2.37. The molecule has 0 bridgehead atoms. The van der Waals surface area contributed by atoms with Gasteiger partial charge in [0.05, 0.1) is 0 Å². The Balaban J connectivity index is 0. The average Bonchev–Trinajstić information content (AvgIpc) is 0. The summed E-state index contributed by atoms with van der Waals surface area (Å²) in [7, 11) is 0. The molecule has 13 radical (unpaired) electrons. The second-order valence-electron chi connectivity index (χ2n) is 0. The van der Waals surface area contributed by atoms with Crippen LogP contribution in [0.4, 0.5) is 0 Å². The SMILES string of the molecule is [Ge].[Sb].[Si].[Te]. The van der Waals surface area contributed by atoms with E-state index in [1.54, 1.807) is 0 Å². The maximum absolute atomic E-state index is 0. The van der Waals surface area contributed by atoms with Crippen molar-refractivity contribution in [2.45, 2.75) is 0 Å². The van der Waals surface area contributed by atoms with E-state index < -0.39 is 0 Å². The van der Waals surface area contributed by atoms with Gasteiger partial charge in [-0.05, 0) is 0 Å². The van der Waals surface area contributed by atoms with Crippen molar-refractivity contribution >= 4 is 76.7 Å². The fraction of sp³-hybridized carbons (Fsp3) is 0. The van der Waals surface area contributed by atoms with Crippen molar-refractivity contribution in [3.63, 3.8) is 0 Å². The van der Waals surface area contributed by atoms with E-state index in [1.807, 2.05) is 0 Å². The van der Waals surface area contributed by atoms with Crippen LogP contribution in [0.25, 0.3) is 0 Å². The van der Waals surface area contributed by atoms with Crippen molar-refractivity contribution in [2.75, 3.05) is 0 Å². The van der Waals surface area contributed by atoms with Crippen LogP contribution in [-0.2, 0) is 0 Å². The quantitative estimate of drug-likeness (QED) is 0.466. The predicted molar refractivity (Wildman–Crippen MR) is 23.0 cm³/mol. The summed E-state index contributed by atoms with van der Waals surface area (Å²) in [5.41, 5.74) is 0. The zero-order valence-corrected chi connectivity index (χ0v) is 9.84. The first-order valence-electron chi connectivity index (χ1n) is 0. The van der Waals surface area contributed by atoms with Crippen molar-refractivity contribution in [1.82, 2.24) is 0 Å². The van der Waals surface area contributed by atoms with Crippen LogP contribution in [0.3, 0.4) is 0 Å². The Labute approximate surface area is 75.7 Å². The summed E-state index contributed by atoms with van der Waals surface area (Å²) in [6, 6.07) is 0. The van der Waals surface area contributed by atoms with E-state index in [4.69, 9.17) is 0 Å². The summed E-state index contributed by atoms with van der Waals surface area (Å²) < 4.78 is 0. The van der Waals surface area contributed by atoms with Gasteiger partial charge in [0.1, 0.15) is 0 Å². The largest absolute Gasteiger partial charge is 0 e. The molecule has 0 rings (SSSR count). The fourth-order valence-corrected chi connectivity index (χ4v) is 0. The second-order valence-corrected chi connectivity index (χ2v) is 0. The van der Waals surface area contributed by atoms with E-state index in [0.717, 1.165) is 0 Å². The maximum Gasteiger partial charge on any atom is 0 e. The minimum absolute atomic E-state index is 0. The molecule has 0 unspecified atom stereocenters. The van der Waals surface area contributed by atoms with Crippen LogP contribution in [0.15, 0.2) is 0 Å². The van der Waals surface area contributed by atoms with Crippen LogP contribution in [0, 0.1) is 0 Å². The van der Waals surface area contributed by atoms with Gasteiger partial charge in [-0.3, -0.25) is 0 Å². The zero-order valence-electron chi connectivity index (χ0n) is 1.86. The van der Waals surface area contributed by atoms with E-state index in [2.05, 4.69) is 0 Å². The van der Waals surface area contributed by atoms with Crippen LogP contribution in [-0.4, -0.2) is 76.7 Å². The van der Waals surface area contributed by atoms with E-state index in [9.17, 15) is 0 Å². The van der Waals surface area contributed by atoms with Crippen LogP contribution < -0.4 is 0 Å². The van der Waals surface area contributed by atoms with Crippen molar-refractivity contribution in [3.8, 4) is 0 Å². The number of rotatable bonds is 0. The molecular weight excluding hydrogens is 350 g/mol. The van der Waals surface area contributed by atoms with Crippen molar-refractivity contribution in [3.05, 3.63) is 0 Å². The van der Waals surface area contributed by atoms with Gasteiger partial charge in [0.15, 0.2) is 0 Å². The van der Waals surface area contributed by atoms with E-state index in [-0.39, 0.29) is 76.7 Å². The Morgan fingerprint density at radius 2 is 1.00 bits per heavy atom. The van der Waals surface area contributed by atoms with Gasteiger partial charge < -0.3 is 0 Å². The smallest absolute Gasteiger partial charge is 0 e. The molecule has 0 amide bonds. The molecule has 0 aliphatic heterocycles. The summed E-state index contributed by atoms with van der Waals surface area (Å²) >= 11 is 0. The van der Waals surface area contributed by atoms with Gasteiger partial charge in [-0.2, -0.15) is 0 Å².